The van der Waals surface area contributed by atoms with E-state index in [0.717, 1.165) is 34.6 Å². The van der Waals surface area contributed by atoms with Crippen LogP contribution in [0.15, 0.2) is 96.0 Å². The summed E-state index contributed by atoms with van der Waals surface area (Å²) in [6, 6.07) is 26.8. The summed E-state index contributed by atoms with van der Waals surface area (Å²) in [5.41, 5.74) is 3.55. The predicted octanol–water partition coefficient (Wildman–Crippen LogP) is 6.22. The maximum atomic E-state index is 5.92. The first-order chi connectivity index (χ1) is 12.8. The van der Waals surface area contributed by atoms with Crippen molar-refractivity contribution in [2.75, 3.05) is 11.4 Å². The first kappa shape index (κ1) is 18.3. The fourth-order valence-corrected chi connectivity index (χ4v) is 3.39. The first-order valence-electron chi connectivity index (χ1n) is 8.62. The summed E-state index contributed by atoms with van der Waals surface area (Å²) in [7, 11) is 0. The number of hydrogen-bond donors (Lipinski definition) is 0. The topological polar surface area (TPSA) is 12.5 Å². The molecule has 0 atom stereocenters. The minimum atomic E-state index is 0.563. The fourth-order valence-electron chi connectivity index (χ4n) is 2.78. The number of rotatable bonds is 8. The number of anilines is 1. The van der Waals surface area contributed by atoms with E-state index in [1.807, 2.05) is 42.5 Å². The van der Waals surface area contributed by atoms with Gasteiger partial charge in [-0.2, -0.15) is 0 Å². The molecule has 0 heterocycles. The van der Waals surface area contributed by atoms with Crippen molar-refractivity contribution >= 4 is 21.6 Å². The molecule has 2 nitrogen and oxygen atoms in total. The van der Waals surface area contributed by atoms with E-state index in [0.29, 0.717) is 6.61 Å². The van der Waals surface area contributed by atoms with Crippen LogP contribution in [0.3, 0.4) is 0 Å². The average molecular weight is 408 g/mol. The zero-order valence-electron chi connectivity index (χ0n) is 14.6. The van der Waals surface area contributed by atoms with Gasteiger partial charge in [-0.25, -0.2) is 0 Å². The van der Waals surface area contributed by atoms with Crippen LogP contribution in [0.25, 0.3) is 0 Å². The highest BCUT2D eigenvalue weighted by molar-refractivity contribution is 9.10. The van der Waals surface area contributed by atoms with Crippen LogP contribution < -0.4 is 9.64 Å². The third kappa shape index (κ3) is 4.99. The van der Waals surface area contributed by atoms with Crippen LogP contribution in [0.2, 0.25) is 0 Å². The van der Waals surface area contributed by atoms with Crippen molar-refractivity contribution < 1.29 is 4.74 Å². The second kappa shape index (κ2) is 9.25. The lowest BCUT2D eigenvalue weighted by atomic mass is 10.2. The Morgan fingerprint density at radius 1 is 0.885 bits per heavy atom. The van der Waals surface area contributed by atoms with E-state index in [9.17, 15) is 0 Å². The quantitative estimate of drug-likeness (QED) is 0.410. The summed E-state index contributed by atoms with van der Waals surface area (Å²) in [6.45, 7) is 6.06. The largest absolute Gasteiger partial charge is 0.489 e. The molecule has 0 radical (unpaired) electrons. The van der Waals surface area contributed by atoms with Gasteiger partial charge in [0.15, 0.2) is 0 Å². The molecule has 0 saturated carbocycles. The Morgan fingerprint density at radius 2 is 1.54 bits per heavy atom. The smallest absolute Gasteiger partial charge is 0.121 e. The van der Waals surface area contributed by atoms with Crippen molar-refractivity contribution in [1.29, 1.82) is 0 Å². The van der Waals surface area contributed by atoms with Crippen LogP contribution in [-0.2, 0) is 13.2 Å². The molecule has 0 aliphatic rings. The van der Waals surface area contributed by atoms with E-state index in [2.05, 4.69) is 69.9 Å². The van der Waals surface area contributed by atoms with Gasteiger partial charge in [-0.05, 0) is 45.3 Å². The predicted molar refractivity (Wildman–Crippen MR) is 113 cm³/mol. The molecule has 0 fully saturated rings. The molecule has 0 aromatic heterocycles. The van der Waals surface area contributed by atoms with E-state index >= 15 is 0 Å². The normalized spacial score (nSPS) is 10.3. The zero-order chi connectivity index (χ0) is 18.2. The molecular formula is C23H22BrNO. The van der Waals surface area contributed by atoms with Crippen molar-refractivity contribution in [3.8, 4) is 5.75 Å². The molecule has 0 bridgehead atoms. The van der Waals surface area contributed by atoms with Crippen molar-refractivity contribution in [2.24, 2.45) is 0 Å². The number of ether oxygens (including phenoxy) is 1. The lowest BCUT2D eigenvalue weighted by Gasteiger charge is -2.25. The van der Waals surface area contributed by atoms with E-state index in [4.69, 9.17) is 4.74 Å². The maximum absolute atomic E-state index is 5.92. The molecule has 0 aliphatic carbocycles. The summed E-state index contributed by atoms with van der Waals surface area (Å²) in [6.07, 6.45) is 1.93. The third-order valence-corrected chi connectivity index (χ3v) is 4.71. The molecular weight excluding hydrogens is 386 g/mol. The van der Waals surface area contributed by atoms with Crippen LogP contribution >= 0.6 is 15.9 Å². The highest BCUT2D eigenvalue weighted by Crippen LogP contribution is 2.31. The van der Waals surface area contributed by atoms with Crippen molar-refractivity contribution in [3.05, 3.63) is 107 Å². The Labute approximate surface area is 163 Å². The molecule has 3 aromatic carbocycles. The summed E-state index contributed by atoms with van der Waals surface area (Å²) in [5.74, 6) is 0.850. The highest BCUT2D eigenvalue weighted by Gasteiger charge is 2.11. The standard InChI is InChI=1S/C23H22BrNO/c1-2-15-25(17-19-9-5-3-6-10-19)23-14-13-21(16-22(23)24)26-18-20-11-7-4-8-12-20/h2-14,16H,1,15,17-18H2. The fraction of sp³-hybridized carbons (Fsp3) is 0.130. The Balaban J connectivity index is 1.72. The number of benzene rings is 3. The maximum Gasteiger partial charge on any atom is 0.121 e. The first-order valence-corrected chi connectivity index (χ1v) is 9.41. The number of hydrogen-bond acceptors (Lipinski definition) is 2. The molecule has 0 saturated heterocycles. The number of nitrogens with zero attached hydrogens (tertiary/aromatic N) is 1. The van der Waals surface area contributed by atoms with Gasteiger partial charge in [0.1, 0.15) is 12.4 Å². The minimum absolute atomic E-state index is 0.563. The molecule has 3 rings (SSSR count). The second-order valence-corrected chi connectivity index (χ2v) is 6.90. The van der Waals surface area contributed by atoms with Gasteiger partial charge in [0.25, 0.3) is 0 Å². The Bertz CT molecular complexity index is 833. The van der Waals surface area contributed by atoms with Crippen LogP contribution in [0.1, 0.15) is 11.1 Å². The second-order valence-electron chi connectivity index (χ2n) is 6.04. The minimum Gasteiger partial charge on any atom is -0.489 e. The van der Waals surface area contributed by atoms with Crippen LogP contribution in [0.4, 0.5) is 5.69 Å². The van der Waals surface area contributed by atoms with Crippen molar-refractivity contribution in [3.63, 3.8) is 0 Å². The lowest BCUT2D eigenvalue weighted by Crippen LogP contribution is -2.22. The molecule has 0 amide bonds. The van der Waals surface area contributed by atoms with E-state index < -0.39 is 0 Å². The molecule has 0 aliphatic heterocycles. The molecule has 3 heteroatoms. The Hall–Kier alpha value is -2.52. The van der Waals surface area contributed by atoms with Crippen LogP contribution in [0, 0.1) is 0 Å². The summed E-state index contributed by atoms with van der Waals surface area (Å²) >= 11 is 3.70. The van der Waals surface area contributed by atoms with Gasteiger partial charge in [-0.1, -0.05) is 66.7 Å². The molecule has 0 N–H and O–H groups in total. The molecule has 0 spiro atoms. The van der Waals surface area contributed by atoms with Gasteiger partial charge in [-0.3, -0.25) is 0 Å². The van der Waals surface area contributed by atoms with Gasteiger partial charge >= 0.3 is 0 Å². The molecule has 26 heavy (non-hydrogen) atoms. The van der Waals surface area contributed by atoms with Gasteiger partial charge in [0.2, 0.25) is 0 Å². The van der Waals surface area contributed by atoms with Gasteiger partial charge < -0.3 is 9.64 Å². The third-order valence-electron chi connectivity index (χ3n) is 4.07. The number of halogens is 1. The van der Waals surface area contributed by atoms with Gasteiger partial charge in [0.05, 0.1) is 5.69 Å². The Kier molecular flexibility index (Phi) is 6.50. The zero-order valence-corrected chi connectivity index (χ0v) is 16.2. The van der Waals surface area contributed by atoms with Crippen molar-refractivity contribution in [1.82, 2.24) is 0 Å². The van der Waals surface area contributed by atoms with Crippen LogP contribution in [0.5, 0.6) is 5.75 Å². The molecule has 0 unspecified atom stereocenters. The molecule has 132 valence electrons. The lowest BCUT2D eigenvalue weighted by molar-refractivity contribution is 0.306. The summed E-state index contributed by atoms with van der Waals surface area (Å²) in [4.78, 5) is 2.29. The highest BCUT2D eigenvalue weighted by atomic mass is 79.9. The van der Waals surface area contributed by atoms with E-state index in [1.165, 1.54) is 5.56 Å². The van der Waals surface area contributed by atoms with Crippen molar-refractivity contribution in [2.45, 2.75) is 13.2 Å². The summed E-state index contributed by atoms with van der Waals surface area (Å²) < 4.78 is 6.93. The van der Waals surface area contributed by atoms with Crippen LogP contribution in [-0.4, -0.2) is 6.54 Å². The SMILES string of the molecule is C=CCN(Cc1ccccc1)c1ccc(OCc2ccccc2)cc1Br. The molecule has 3 aromatic rings. The summed E-state index contributed by atoms with van der Waals surface area (Å²) in [5, 5.41) is 0. The Morgan fingerprint density at radius 3 is 2.15 bits per heavy atom. The monoisotopic (exact) mass is 407 g/mol. The van der Waals surface area contributed by atoms with E-state index in [1.54, 1.807) is 0 Å². The average Bonchev–Trinajstić information content (AvgIpc) is 2.68. The van der Waals surface area contributed by atoms with Gasteiger partial charge in [-0.15, -0.1) is 6.58 Å². The van der Waals surface area contributed by atoms with E-state index in [-0.39, 0.29) is 0 Å². The van der Waals surface area contributed by atoms with Gasteiger partial charge in [0, 0.05) is 17.6 Å².